The molecule has 19 heavy (non-hydrogen) atoms. The second-order valence-electron chi connectivity index (χ2n) is 5.15. The number of hydrogen-bond acceptors (Lipinski definition) is 3. The van der Waals surface area contributed by atoms with Crippen LogP contribution >= 0.6 is 0 Å². The summed E-state index contributed by atoms with van der Waals surface area (Å²) in [4.78, 5) is 14.0. The molecule has 0 aliphatic carbocycles. The molecule has 4 heteroatoms. The van der Waals surface area contributed by atoms with E-state index < -0.39 is 0 Å². The van der Waals surface area contributed by atoms with Crippen molar-refractivity contribution < 1.29 is 4.79 Å². The average molecular weight is 263 g/mol. The number of hydrogen-bond donors (Lipinski definition) is 2. The lowest BCUT2D eigenvalue weighted by Crippen LogP contribution is -2.30. The minimum absolute atomic E-state index is 0.0513. The predicted molar refractivity (Wildman–Crippen MR) is 80.2 cm³/mol. The highest BCUT2D eigenvalue weighted by atomic mass is 16.1. The summed E-state index contributed by atoms with van der Waals surface area (Å²) in [5.74, 6) is 0.0513. The minimum atomic E-state index is 0.0513. The molecule has 0 bridgehead atoms. The molecule has 0 aromatic heterocycles. The smallest absolute Gasteiger partial charge is 0.225 e. The van der Waals surface area contributed by atoms with Crippen molar-refractivity contribution in [1.29, 1.82) is 0 Å². The number of nitrogens with one attached hydrogen (secondary N) is 2. The SMILES string of the molecule is CCNC(C)CC(=O)Nc1cccc(CN(C)C)c1. The monoisotopic (exact) mass is 263 g/mol. The molecule has 106 valence electrons. The van der Waals surface area contributed by atoms with Gasteiger partial charge in [0, 0.05) is 24.7 Å². The zero-order valence-electron chi connectivity index (χ0n) is 12.4. The largest absolute Gasteiger partial charge is 0.326 e. The van der Waals surface area contributed by atoms with Crippen molar-refractivity contribution in [3.05, 3.63) is 29.8 Å². The molecule has 1 rings (SSSR count). The van der Waals surface area contributed by atoms with E-state index in [-0.39, 0.29) is 11.9 Å². The summed E-state index contributed by atoms with van der Waals surface area (Å²) in [5.41, 5.74) is 2.07. The molecule has 2 N–H and O–H groups in total. The Bertz CT molecular complexity index is 404. The number of nitrogens with zero attached hydrogens (tertiary/aromatic N) is 1. The zero-order chi connectivity index (χ0) is 14.3. The number of amides is 1. The summed E-state index contributed by atoms with van der Waals surface area (Å²) in [7, 11) is 4.06. The molecule has 0 saturated carbocycles. The summed E-state index contributed by atoms with van der Waals surface area (Å²) in [6.07, 6.45) is 0.492. The number of benzene rings is 1. The summed E-state index contributed by atoms with van der Waals surface area (Å²) < 4.78 is 0. The summed E-state index contributed by atoms with van der Waals surface area (Å²) in [5, 5.41) is 6.18. The van der Waals surface area contributed by atoms with Crippen molar-refractivity contribution in [3.63, 3.8) is 0 Å². The lowest BCUT2D eigenvalue weighted by atomic mass is 10.1. The zero-order valence-corrected chi connectivity index (χ0v) is 12.4. The molecule has 0 fully saturated rings. The van der Waals surface area contributed by atoms with Crippen molar-refractivity contribution in [2.24, 2.45) is 0 Å². The highest BCUT2D eigenvalue weighted by molar-refractivity contribution is 5.91. The van der Waals surface area contributed by atoms with Crippen molar-refractivity contribution in [2.75, 3.05) is 26.0 Å². The molecule has 1 aromatic carbocycles. The van der Waals surface area contributed by atoms with Crippen LogP contribution in [0, 0.1) is 0 Å². The molecule has 0 aliphatic heterocycles. The van der Waals surface area contributed by atoms with E-state index in [0.717, 1.165) is 18.8 Å². The van der Waals surface area contributed by atoms with E-state index in [1.54, 1.807) is 0 Å². The van der Waals surface area contributed by atoms with Gasteiger partial charge >= 0.3 is 0 Å². The molecule has 0 saturated heterocycles. The van der Waals surface area contributed by atoms with Gasteiger partial charge in [-0.05, 0) is 45.3 Å². The Morgan fingerprint density at radius 2 is 2.11 bits per heavy atom. The van der Waals surface area contributed by atoms with E-state index in [2.05, 4.69) is 21.6 Å². The van der Waals surface area contributed by atoms with Crippen LogP contribution in [0.5, 0.6) is 0 Å². The maximum Gasteiger partial charge on any atom is 0.225 e. The Balaban J connectivity index is 2.54. The van der Waals surface area contributed by atoms with Crippen molar-refractivity contribution in [3.8, 4) is 0 Å². The molecule has 0 radical (unpaired) electrons. The van der Waals surface area contributed by atoms with Crippen LogP contribution in [0.1, 0.15) is 25.8 Å². The van der Waals surface area contributed by atoms with Gasteiger partial charge in [-0.25, -0.2) is 0 Å². The highest BCUT2D eigenvalue weighted by Gasteiger charge is 2.08. The standard InChI is InChI=1S/C15H25N3O/c1-5-16-12(2)9-15(19)17-14-8-6-7-13(10-14)11-18(3)4/h6-8,10,12,16H,5,9,11H2,1-4H3,(H,17,19). The fourth-order valence-electron chi connectivity index (χ4n) is 2.02. The van der Waals surface area contributed by atoms with Gasteiger partial charge in [0.1, 0.15) is 0 Å². The summed E-state index contributed by atoms with van der Waals surface area (Å²) in [6.45, 7) is 5.81. The third kappa shape index (κ3) is 6.36. The van der Waals surface area contributed by atoms with Gasteiger partial charge in [-0.15, -0.1) is 0 Å². The van der Waals surface area contributed by atoms with E-state index in [0.29, 0.717) is 6.42 Å². The predicted octanol–water partition coefficient (Wildman–Crippen LogP) is 2.07. The molecule has 0 heterocycles. The Morgan fingerprint density at radius 3 is 2.74 bits per heavy atom. The van der Waals surface area contributed by atoms with Crippen LogP contribution in [0.4, 0.5) is 5.69 Å². The van der Waals surface area contributed by atoms with E-state index >= 15 is 0 Å². The molecule has 4 nitrogen and oxygen atoms in total. The maximum atomic E-state index is 11.9. The van der Waals surface area contributed by atoms with Gasteiger partial charge in [-0.3, -0.25) is 4.79 Å². The average Bonchev–Trinajstić information content (AvgIpc) is 2.28. The fourth-order valence-corrected chi connectivity index (χ4v) is 2.02. The Kier molecular flexibility index (Phi) is 6.53. The minimum Gasteiger partial charge on any atom is -0.326 e. The molecule has 1 amide bonds. The van der Waals surface area contributed by atoms with Crippen molar-refractivity contribution >= 4 is 11.6 Å². The van der Waals surface area contributed by atoms with Crippen LogP contribution in [0.25, 0.3) is 0 Å². The first-order valence-corrected chi connectivity index (χ1v) is 6.78. The molecule has 1 aromatic rings. The van der Waals surface area contributed by atoms with E-state index in [4.69, 9.17) is 0 Å². The highest BCUT2D eigenvalue weighted by Crippen LogP contribution is 2.12. The number of carbonyl (C=O) groups excluding carboxylic acids is 1. The van der Waals surface area contributed by atoms with Gasteiger partial charge in [-0.2, -0.15) is 0 Å². The molecule has 0 aliphatic rings. The van der Waals surface area contributed by atoms with Gasteiger partial charge in [0.05, 0.1) is 0 Å². The summed E-state index contributed by atoms with van der Waals surface area (Å²) >= 11 is 0. The first-order valence-electron chi connectivity index (χ1n) is 6.78. The van der Waals surface area contributed by atoms with Crippen LogP contribution in [0.15, 0.2) is 24.3 Å². The maximum absolute atomic E-state index is 11.9. The summed E-state index contributed by atoms with van der Waals surface area (Å²) in [6, 6.07) is 8.19. The topological polar surface area (TPSA) is 44.4 Å². The third-order valence-corrected chi connectivity index (χ3v) is 2.75. The lowest BCUT2D eigenvalue weighted by Gasteiger charge is -2.13. The quantitative estimate of drug-likeness (QED) is 0.791. The Hall–Kier alpha value is -1.39. The van der Waals surface area contributed by atoms with Crippen LogP contribution in [0.2, 0.25) is 0 Å². The van der Waals surface area contributed by atoms with Crippen LogP contribution in [-0.2, 0) is 11.3 Å². The van der Waals surface area contributed by atoms with Crippen LogP contribution in [0.3, 0.4) is 0 Å². The molecule has 1 unspecified atom stereocenters. The number of rotatable bonds is 7. The Morgan fingerprint density at radius 1 is 1.37 bits per heavy atom. The molecule has 0 spiro atoms. The van der Waals surface area contributed by atoms with E-state index in [1.807, 2.05) is 46.1 Å². The van der Waals surface area contributed by atoms with Crippen LogP contribution in [-0.4, -0.2) is 37.5 Å². The first kappa shape index (κ1) is 15.7. The normalized spacial score (nSPS) is 12.5. The van der Waals surface area contributed by atoms with Crippen molar-refractivity contribution in [2.45, 2.75) is 32.9 Å². The lowest BCUT2D eigenvalue weighted by molar-refractivity contribution is -0.116. The Labute approximate surface area is 116 Å². The van der Waals surface area contributed by atoms with Gasteiger partial charge in [-0.1, -0.05) is 19.1 Å². The number of anilines is 1. The number of carbonyl (C=O) groups is 1. The fraction of sp³-hybridized carbons (Fsp3) is 0.533. The van der Waals surface area contributed by atoms with Crippen LogP contribution < -0.4 is 10.6 Å². The second-order valence-corrected chi connectivity index (χ2v) is 5.15. The molecular formula is C15H25N3O. The van der Waals surface area contributed by atoms with E-state index in [1.165, 1.54) is 5.56 Å². The molecule has 1 atom stereocenters. The van der Waals surface area contributed by atoms with Gasteiger partial charge in [0.2, 0.25) is 5.91 Å². The first-order chi connectivity index (χ1) is 9.01. The van der Waals surface area contributed by atoms with Gasteiger partial charge in [0.25, 0.3) is 0 Å². The van der Waals surface area contributed by atoms with Gasteiger partial charge < -0.3 is 15.5 Å². The van der Waals surface area contributed by atoms with Gasteiger partial charge in [0.15, 0.2) is 0 Å². The third-order valence-electron chi connectivity index (χ3n) is 2.75. The molecular weight excluding hydrogens is 238 g/mol. The van der Waals surface area contributed by atoms with Crippen molar-refractivity contribution in [1.82, 2.24) is 10.2 Å². The second kappa shape index (κ2) is 7.92. The van der Waals surface area contributed by atoms with E-state index in [9.17, 15) is 4.79 Å².